The van der Waals surface area contributed by atoms with E-state index in [0.29, 0.717) is 0 Å². The van der Waals surface area contributed by atoms with Crippen molar-refractivity contribution in [2.75, 3.05) is 0 Å². The van der Waals surface area contributed by atoms with E-state index in [2.05, 4.69) is 0 Å². The summed E-state index contributed by atoms with van der Waals surface area (Å²) < 4.78 is 50.5. The molecule has 0 saturated heterocycles. The molecular weight excluding hydrogens is 508 g/mol. The van der Waals surface area contributed by atoms with Gasteiger partial charge in [-0.25, -0.2) is 0 Å². The van der Waals surface area contributed by atoms with Crippen LogP contribution in [0.3, 0.4) is 0 Å². The Morgan fingerprint density at radius 3 is 0.938 bits per heavy atom. The van der Waals surface area contributed by atoms with Gasteiger partial charge in [0.15, 0.2) is 0 Å². The van der Waals surface area contributed by atoms with Crippen LogP contribution in [0.15, 0.2) is 0 Å². The predicted octanol–water partition coefficient (Wildman–Crippen LogP) is 1.42. The van der Waals surface area contributed by atoms with Gasteiger partial charge < -0.3 is 0 Å². The van der Waals surface area contributed by atoms with E-state index >= 15 is 0 Å². The van der Waals surface area contributed by atoms with Crippen LogP contribution < -0.4 is 0 Å². The Morgan fingerprint density at radius 1 is 0.625 bits per heavy atom. The van der Waals surface area contributed by atoms with Gasteiger partial charge in [-0.15, -0.1) is 0 Å². The first-order chi connectivity index (χ1) is 6.79. The van der Waals surface area contributed by atoms with Gasteiger partial charge in [-0.2, -0.15) is 0 Å². The molecule has 0 saturated carbocycles. The molecule has 6 nitrogen and oxygen atoms in total. The molecule has 0 amide bonds. The fourth-order valence-electron chi connectivity index (χ4n) is 0.680. The summed E-state index contributed by atoms with van der Waals surface area (Å²) in [6, 6.07) is 0. The van der Waals surface area contributed by atoms with E-state index in [1.807, 2.05) is 0 Å². The van der Waals surface area contributed by atoms with Crippen molar-refractivity contribution in [1.29, 1.82) is 0 Å². The second-order valence-corrected chi connectivity index (χ2v) is 32.5. The zero-order valence-corrected chi connectivity index (χ0v) is 19.3. The van der Waals surface area contributed by atoms with Crippen molar-refractivity contribution in [3.8, 4) is 0 Å². The van der Waals surface area contributed by atoms with Gasteiger partial charge in [0.25, 0.3) is 0 Å². The van der Waals surface area contributed by atoms with Crippen LogP contribution in [0.5, 0.6) is 0 Å². The van der Waals surface area contributed by atoms with Gasteiger partial charge in [0, 0.05) is 0 Å². The van der Waals surface area contributed by atoms with E-state index in [1.165, 1.54) is 34.3 Å². The molecule has 0 N–H and O–H groups in total. The molecular formula is C6H18As3InO6. The first-order valence-corrected chi connectivity index (χ1v) is 24.4. The van der Waals surface area contributed by atoms with Crippen LogP contribution in [0, 0.1) is 0 Å². The molecule has 0 fully saturated rings. The Kier molecular flexibility index (Phi) is 7.04. The van der Waals surface area contributed by atoms with Crippen molar-refractivity contribution in [3.05, 3.63) is 0 Å². The fourth-order valence-corrected chi connectivity index (χ4v) is 32.1. The van der Waals surface area contributed by atoms with Gasteiger partial charge >= 0.3 is 115 Å². The Hall–Kier alpha value is 1.83. The number of hydrogen-bond donors (Lipinski definition) is 0. The zero-order chi connectivity index (χ0) is 13.2. The molecule has 0 aliphatic rings. The standard InChI is InChI=1S/3C2H7AsO2.In/c3*1-3(2,4)5;/h3*1-2H3,(H,4,5);/q;;;+3/p-3. The van der Waals surface area contributed by atoms with Gasteiger partial charge in [-0.3, -0.25) is 0 Å². The van der Waals surface area contributed by atoms with Crippen LogP contribution >= 0.6 is 0 Å². The molecule has 0 aliphatic heterocycles. The molecule has 10 heteroatoms. The van der Waals surface area contributed by atoms with E-state index in [1.54, 1.807) is 0 Å². The molecule has 0 radical (unpaired) electrons. The Bertz CT molecular complexity index is 307. The van der Waals surface area contributed by atoms with Crippen LogP contribution in [0.25, 0.3) is 0 Å². The zero-order valence-electron chi connectivity index (χ0n) is 10.4. The summed E-state index contributed by atoms with van der Waals surface area (Å²) in [5.74, 6) is 0. The van der Waals surface area contributed by atoms with Gasteiger partial charge in [0.1, 0.15) is 0 Å². The van der Waals surface area contributed by atoms with Crippen molar-refractivity contribution in [2.45, 2.75) is 34.3 Å². The van der Waals surface area contributed by atoms with E-state index in [0.717, 1.165) is 0 Å². The Balaban J connectivity index is 4.72. The summed E-state index contributed by atoms with van der Waals surface area (Å²) in [6.45, 7) is 0. The van der Waals surface area contributed by atoms with Crippen LogP contribution in [0.4, 0.5) is 0 Å². The van der Waals surface area contributed by atoms with Gasteiger partial charge in [-0.1, -0.05) is 0 Å². The van der Waals surface area contributed by atoms with Gasteiger partial charge in [0.05, 0.1) is 0 Å². The molecule has 0 heterocycles. The third-order valence-electron chi connectivity index (χ3n) is 1.02. The minimum absolute atomic E-state index is 1.49. The third kappa shape index (κ3) is 12.3. The molecule has 0 spiro atoms. The van der Waals surface area contributed by atoms with Gasteiger partial charge in [-0.05, 0) is 0 Å². The maximum absolute atomic E-state index is 11.6. The van der Waals surface area contributed by atoms with Crippen molar-refractivity contribution < 1.29 is 16.7 Å². The molecule has 0 aromatic heterocycles. The second kappa shape index (κ2) is 6.32. The van der Waals surface area contributed by atoms with E-state index < -0.39 is 64.2 Å². The van der Waals surface area contributed by atoms with Gasteiger partial charge in [0.2, 0.25) is 0 Å². The van der Waals surface area contributed by atoms with E-state index in [4.69, 9.17) is 5.53 Å². The molecule has 0 aliphatic carbocycles. The summed E-state index contributed by atoms with van der Waals surface area (Å²) in [7, 11) is 0. The van der Waals surface area contributed by atoms with Crippen molar-refractivity contribution in [1.82, 2.24) is 0 Å². The Labute approximate surface area is 114 Å². The quantitative estimate of drug-likeness (QED) is 0.488. The van der Waals surface area contributed by atoms with E-state index in [9.17, 15) is 11.2 Å². The molecule has 96 valence electrons. The first kappa shape index (κ1) is 17.8. The minimum atomic E-state index is -3.57. The van der Waals surface area contributed by atoms with Crippen molar-refractivity contribution in [3.63, 3.8) is 0 Å². The van der Waals surface area contributed by atoms with E-state index in [-0.39, 0.29) is 0 Å². The van der Waals surface area contributed by atoms with Crippen LogP contribution in [0.1, 0.15) is 0 Å². The molecule has 16 heavy (non-hydrogen) atoms. The first-order valence-electron chi connectivity index (χ1n) is 4.49. The van der Waals surface area contributed by atoms with Crippen molar-refractivity contribution in [2.24, 2.45) is 0 Å². The van der Waals surface area contributed by atoms with Crippen LogP contribution in [-0.2, 0) is 16.7 Å². The summed E-state index contributed by atoms with van der Waals surface area (Å²) in [5.41, 5.74) is 8.92. The predicted molar refractivity (Wildman–Crippen MR) is 63.5 cm³/mol. The summed E-state index contributed by atoms with van der Waals surface area (Å²) in [6.07, 6.45) is 0. The summed E-state index contributed by atoms with van der Waals surface area (Å²) in [5, 5.41) is 0. The molecule has 0 aromatic rings. The number of rotatable bonds is 6. The van der Waals surface area contributed by atoms with Crippen LogP contribution in [0.2, 0.25) is 34.3 Å². The molecule has 0 bridgehead atoms. The maximum atomic E-state index is 11.6. The summed E-state index contributed by atoms with van der Waals surface area (Å²) >= 11 is -13.7. The van der Waals surface area contributed by atoms with Crippen LogP contribution in [-0.4, -0.2) is 64.2 Å². The average Bonchev–Trinajstić information content (AvgIpc) is 1.70. The molecule has 0 atom stereocenters. The number of hydrogen-bond acceptors (Lipinski definition) is 6. The molecule has 0 unspecified atom stereocenters. The SMILES string of the molecule is C[As](C)(=O)[O][In]([O][As](C)(C)=O)[O][As](C)(C)=O. The third-order valence-corrected chi connectivity index (χ3v) is 35.5. The van der Waals surface area contributed by atoms with Crippen molar-refractivity contribution >= 4 is 64.2 Å². The Morgan fingerprint density at radius 2 is 0.812 bits per heavy atom. The topological polar surface area (TPSA) is 78.9 Å². The average molecular weight is 526 g/mol. The normalized spacial score (nSPS) is 13.9. The second-order valence-electron chi connectivity index (χ2n) is 4.36. The monoisotopic (exact) mass is 526 g/mol. The molecule has 0 rings (SSSR count). The fraction of sp³-hybridized carbons (Fsp3) is 1.00. The summed E-state index contributed by atoms with van der Waals surface area (Å²) in [4.78, 5) is 0. The molecule has 0 aromatic carbocycles.